The zero-order valence-corrected chi connectivity index (χ0v) is 16.9. The van der Waals surface area contributed by atoms with Crippen molar-refractivity contribution in [3.8, 4) is 0 Å². The van der Waals surface area contributed by atoms with Gasteiger partial charge in [0.2, 0.25) is 11.8 Å². The molecule has 0 spiro atoms. The van der Waals surface area contributed by atoms with Gasteiger partial charge in [-0.3, -0.25) is 9.69 Å². The molecule has 1 aromatic heterocycles. The van der Waals surface area contributed by atoms with Gasteiger partial charge in [-0.05, 0) is 31.6 Å². The number of carbonyl (C=O) groups is 1. The molecule has 1 amide bonds. The second-order valence-corrected chi connectivity index (χ2v) is 7.57. The number of piperazine rings is 1. The predicted molar refractivity (Wildman–Crippen MR) is 103 cm³/mol. The van der Waals surface area contributed by atoms with Crippen molar-refractivity contribution < 1.29 is 9.32 Å². The van der Waals surface area contributed by atoms with Crippen molar-refractivity contribution in [1.29, 1.82) is 0 Å². The number of nitrogens with one attached hydrogen (secondary N) is 1. The minimum absolute atomic E-state index is 0. The van der Waals surface area contributed by atoms with Crippen LogP contribution < -0.4 is 5.32 Å². The molecule has 2 atom stereocenters. The summed E-state index contributed by atoms with van der Waals surface area (Å²) in [6.45, 7) is 5.91. The summed E-state index contributed by atoms with van der Waals surface area (Å²) in [5.41, 5.74) is 0. The SMILES string of the molecule is Cc1nc(CN2CCN(C(=O)CC3CC4CCC(C3)N4)CC2)no1.Cl.Cl. The lowest BCUT2D eigenvalue weighted by molar-refractivity contribution is -0.134. The number of halogens is 2. The summed E-state index contributed by atoms with van der Waals surface area (Å²) in [6.07, 6.45) is 5.69. The van der Waals surface area contributed by atoms with Crippen molar-refractivity contribution in [1.82, 2.24) is 25.3 Å². The van der Waals surface area contributed by atoms with Crippen LogP contribution in [0.25, 0.3) is 0 Å². The van der Waals surface area contributed by atoms with Gasteiger partial charge in [-0.2, -0.15) is 4.98 Å². The highest BCUT2D eigenvalue weighted by atomic mass is 35.5. The number of amides is 1. The molecule has 1 aromatic rings. The number of aromatic nitrogens is 2. The fraction of sp³-hybridized carbons (Fsp3) is 0.824. The van der Waals surface area contributed by atoms with Crippen LogP contribution in [-0.2, 0) is 11.3 Å². The summed E-state index contributed by atoms with van der Waals surface area (Å²) in [4.78, 5) is 21.2. The van der Waals surface area contributed by atoms with Gasteiger partial charge in [0.05, 0.1) is 6.54 Å². The number of piperidine rings is 1. The van der Waals surface area contributed by atoms with Crippen LogP contribution in [0, 0.1) is 12.8 Å². The summed E-state index contributed by atoms with van der Waals surface area (Å²) in [5.74, 6) is 2.26. The Morgan fingerprint density at radius 1 is 1.15 bits per heavy atom. The first kappa shape index (κ1) is 21.4. The van der Waals surface area contributed by atoms with Gasteiger partial charge in [-0.1, -0.05) is 5.16 Å². The van der Waals surface area contributed by atoms with Gasteiger partial charge in [0, 0.05) is 51.6 Å². The molecule has 0 aliphatic carbocycles. The molecule has 3 aliphatic heterocycles. The van der Waals surface area contributed by atoms with E-state index in [0.717, 1.165) is 38.4 Å². The zero-order chi connectivity index (χ0) is 16.5. The molecule has 0 radical (unpaired) electrons. The van der Waals surface area contributed by atoms with E-state index in [0.29, 0.717) is 36.3 Å². The van der Waals surface area contributed by atoms with E-state index in [1.165, 1.54) is 25.7 Å². The first-order chi connectivity index (χ1) is 11.7. The van der Waals surface area contributed by atoms with Gasteiger partial charge in [-0.25, -0.2) is 0 Å². The fourth-order valence-electron chi connectivity index (χ4n) is 4.48. The molecule has 0 aromatic carbocycles. The van der Waals surface area contributed by atoms with Crippen molar-refractivity contribution in [3.63, 3.8) is 0 Å². The van der Waals surface area contributed by atoms with E-state index in [1.807, 2.05) is 4.90 Å². The Balaban J connectivity index is 0.00000121. The molecule has 4 rings (SSSR count). The number of hydrogen-bond donors (Lipinski definition) is 1. The number of carbonyl (C=O) groups excluding carboxylic acids is 1. The minimum Gasteiger partial charge on any atom is -0.340 e. The van der Waals surface area contributed by atoms with Crippen molar-refractivity contribution in [2.45, 2.75) is 57.7 Å². The number of hydrogen-bond acceptors (Lipinski definition) is 6. The summed E-state index contributed by atoms with van der Waals surface area (Å²) < 4.78 is 5.01. The summed E-state index contributed by atoms with van der Waals surface area (Å²) in [6, 6.07) is 1.33. The average molecular weight is 406 g/mol. The van der Waals surface area contributed by atoms with Gasteiger partial charge in [0.15, 0.2) is 5.82 Å². The molecule has 4 heterocycles. The van der Waals surface area contributed by atoms with Gasteiger partial charge >= 0.3 is 0 Å². The molecule has 0 saturated carbocycles. The normalized spacial score (nSPS) is 28.3. The van der Waals surface area contributed by atoms with Gasteiger partial charge in [0.25, 0.3) is 0 Å². The largest absolute Gasteiger partial charge is 0.340 e. The minimum atomic E-state index is 0. The van der Waals surface area contributed by atoms with E-state index in [1.54, 1.807) is 6.92 Å². The number of nitrogens with zero attached hydrogens (tertiary/aromatic N) is 4. The quantitative estimate of drug-likeness (QED) is 0.822. The number of aryl methyl sites for hydroxylation is 1. The molecule has 3 fully saturated rings. The van der Waals surface area contributed by atoms with Crippen LogP contribution >= 0.6 is 24.8 Å². The van der Waals surface area contributed by atoms with Crippen LogP contribution in [0.4, 0.5) is 0 Å². The van der Waals surface area contributed by atoms with Crippen molar-refractivity contribution in [2.75, 3.05) is 26.2 Å². The van der Waals surface area contributed by atoms with Crippen LogP contribution in [0.1, 0.15) is 43.8 Å². The lowest BCUT2D eigenvalue weighted by Crippen LogP contribution is -2.49. The fourth-order valence-corrected chi connectivity index (χ4v) is 4.48. The third kappa shape index (κ3) is 5.09. The van der Waals surface area contributed by atoms with Crippen LogP contribution in [0.15, 0.2) is 4.52 Å². The summed E-state index contributed by atoms with van der Waals surface area (Å²) in [7, 11) is 0. The van der Waals surface area contributed by atoms with Crippen LogP contribution in [0.2, 0.25) is 0 Å². The Labute approximate surface area is 167 Å². The first-order valence-corrected chi connectivity index (χ1v) is 9.21. The molecular weight excluding hydrogens is 377 g/mol. The molecular formula is C17H29Cl2N5O2. The van der Waals surface area contributed by atoms with Crippen LogP contribution in [0.5, 0.6) is 0 Å². The van der Waals surface area contributed by atoms with E-state index in [2.05, 4.69) is 20.4 Å². The molecule has 26 heavy (non-hydrogen) atoms. The highest BCUT2D eigenvalue weighted by Crippen LogP contribution is 2.33. The lowest BCUT2D eigenvalue weighted by atomic mass is 9.89. The molecule has 148 valence electrons. The Kier molecular flexibility index (Phi) is 7.70. The Hall–Kier alpha value is -0.890. The highest BCUT2D eigenvalue weighted by molar-refractivity contribution is 5.85. The zero-order valence-electron chi connectivity index (χ0n) is 15.2. The van der Waals surface area contributed by atoms with E-state index < -0.39 is 0 Å². The van der Waals surface area contributed by atoms with E-state index in [4.69, 9.17) is 4.52 Å². The second-order valence-electron chi connectivity index (χ2n) is 7.57. The summed E-state index contributed by atoms with van der Waals surface area (Å²) >= 11 is 0. The Bertz CT molecular complexity index is 579. The Morgan fingerprint density at radius 2 is 1.81 bits per heavy atom. The van der Waals surface area contributed by atoms with Gasteiger partial charge < -0.3 is 14.7 Å². The predicted octanol–water partition coefficient (Wildman–Crippen LogP) is 1.79. The van der Waals surface area contributed by atoms with Gasteiger partial charge in [-0.15, -0.1) is 24.8 Å². The average Bonchev–Trinajstić information content (AvgIpc) is 3.13. The van der Waals surface area contributed by atoms with Crippen LogP contribution in [0.3, 0.4) is 0 Å². The molecule has 2 unspecified atom stereocenters. The number of rotatable bonds is 4. The lowest BCUT2D eigenvalue weighted by Gasteiger charge is -2.36. The van der Waals surface area contributed by atoms with Crippen molar-refractivity contribution >= 4 is 30.7 Å². The topological polar surface area (TPSA) is 74.5 Å². The molecule has 3 saturated heterocycles. The van der Waals surface area contributed by atoms with Gasteiger partial charge in [0.1, 0.15) is 0 Å². The van der Waals surface area contributed by atoms with E-state index >= 15 is 0 Å². The van der Waals surface area contributed by atoms with Crippen molar-refractivity contribution in [2.24, 2.45) is 5.92 Å². The first-order valence-electron chi connectivity index (χ1n) is 9.21. The monoisotopic (exact) mass is 405 g/mol. The van der Waals surface area contributed by atoms with E-state index in [9.17, 15) is 4.79 Å². The smallest absolute Gasteiger partial charge is 0.223 e. The third-order valence-electron chi connectivity index (χ3n) is 5.69. The van der Waals surface area contributed by atoms with Crippen LogP contribution in [-0.4, -0.2) is 64.1 Å². The standard InChI is InChI=1S/C17H27N5O2.2ClH/c1-12-18-16(20-24-12)11-21-4-6-22(7-5-21)17(23)10-13-8-14-2-3-15(9-13)19-14;;/h13-15,19H,2-11H2,1H3;2*1H. The maximum atomic E-state index is 12.6. The Morgan fingerprint density at radius 3 is 2.38 bits per heavy atom. The maximum absolute atomic E-state index is 12.6. The second kappa shape index (κ2) is 9.35. The van der Waals surface area contributed by atoms with E-state index in [-0.39, 0.29) is 24.8 Å². The van der Waals surface area contributed by atoms with Crippen molar-refractivity contribution in [3.05, 3.63) is 11.7 Å². The molecule has 2 bridgehead atoms. The number of fused-ring (bicyclic) bond motifs is 2. The molecule has 7 nitrogen and oxygen atoms in total. The summed E-state index contributed by atoms with van der Waals surface area (Å²) in [5, 5.41) is 7.60. The highest BCUT2D eigenvalue weighted by Gasteiger charge is 2.35. The third-order valence-corrected chi connectivity index (χ3v) is 5.69. The molecule has 1 N–H and O–H groups in total. The maximum Gasteiger partial charge on any atom is 0.223 e. The molecule has 3 aliphatic rings. The molecule has 9 heteroatoms.